The summed E-state index contributed by atoms with van der Waals surface area (Å²) in [5.74, 6) is 0.375. The zero-order valence-electron chi connectivity index (χ0n) is 17.7. The molecule has 5 nitrogen and oxygen atoms in total. The minimum Gasteiger partial charge on any atom is -0.493 e. The highest BCUT2D eigenvalue weighted by Gasteiger charge is 2.41. The molecule has 158 valence electrons. The fraction of sp³-hybridized carbons (Fsp3) is 0.320. The molecule has 31 heavy (non-hydrogen) atoms. The Kier molecular flexibility index (Phi) is 5.84. The molecular weight excluding hydrogens is 412 g/mol. The van der Waals surface area contributed by atoms with E-state index < -0.39 is 5.92 Å². The zero-order valence-corrected chi connectivity index (χ0v) is 18.4. The van der Waals surface area contributed by atoms with Crippen molar-refractivity contribution in [2.75, 3.05) is 14.2 Å². The first kappa shape index (κ1) is 21.1. The fourth-order valence-electron chi connectivity index (χ4n) is 4.60. The number of nitriles is 1. The predicted molar refractivity (Wildman–Crippen MR) is 120 cm³/mol. The number of ketones is 1. The molecule has 1 aliphatic heterocycles. The van der Waals surface area contributed by atoms with E-state index in [1.54, 1.807) is 14.2 Å². The first-order valence-corrected chi connectivity index (χ1v) is 10.5. The Hall–Kier alpha value is -3.10. The van der Waals surface area contributed by atoms with Crippen molar-refractivity contribution in [1.29, 1.82) is 5.26 Å². The van der Waals surface area contributed by atoms with Gasteiger partial charge in [-0.1, -0.05) is 29.8 Å². The van der Waals surface area contributed by atoms with Crippen LogP contribution in [0, 0.1) is 17.2 Å². The second kappa shape index (κ2) is 8.56. The van der Waals surface area contributed by atoms with Crippen molar-refractivity contribution in [2.45, 2.75) is 31.6 Å². The lowest BCUT2D eigenvalue weighted by atomic mass is 9.69. The topological polar surface area (TPSA) is 71.7 Å². The Bertz CT molecular complexity index is 1130. The minimum absolute atomic E-state index is 0.0393. The van der Waals surface area contributed by atoms with E-state index in [4.69, 9.17) is 26.1 Å². The average Bonchev–Trinajstić information content (AvgIpc) is 2.78. The number of nitrogens with zero attached hydrogens (tertiary/aromatic N) is 2. The van der Waals surface area contributed by atoms with E-state index in [-0.39, 0.29) is 17.6 Å². The normalized spacial score (nSPS) is 23.0. The number of benzene rings is 2. The fourth-order valence-corrected chi connectivity index (χ4v) is 4.73. The van der Waals surface area contributed by atoms with Crippen molar-refractivity contribution in [1.82, 2.24) is 0 Å². The van der Waals surface area contributed by atoms with Crippen molar-refractivity contribution in [3.63, 3.8) is 0 Å². The molecule has 2 aromatic carbocycles. The minimum atomic E-state index is -0.507. The van der Waals surface area contributed by atoms with Gasteiger partial charge in [-0.25, -0.2) is 0 Å². The summed E-state index contributed by atoms with van der Waals surface area (Å²) in [6, 6.07) is 15.6. The lowest BCUT2D eigenvalue weighted by Gasteiger charge is -2.35. The van der Waals surface area contributed by atoms with Crippen molar-refractivity contribution in [3.05, 3.63) is 69.9 Å². The maximum absolute atomic E-state index is 13.4. The quantitative estimate of drug-likeness (QED) is 0.640. The number of allylic oxidation sites excluding steroid dienone is 2. The first-order valence-electron chi connectivity index (χ1n) is 10.1. The van der Waals surface area contributed by atoms with Gasteiger partial charge in [0.15, 0.2) is 17.3 Å². The summed E-state index contributed by atoms with van der Waals surface area (Å²) in [7, 11) is 3.15. The van der Waals surface area contributed by atoms with Crippen molar-refractivity contribution >= 4 is 23.1 Å². The molecule has 2 aliphatic rings. The van der Waals surface area contributed by atoms with Gasteiger partial charge < -0.3 is 9.47 Å². The molecule has 2 aromatic rings. The largest absolute Gasteiger partial charge is 0.493 e. The number of methoxy groups -OCH3 is 2. The van der Waals surface area contributed by atoms with Crippen LogP contribution in [0.15, 0.2) is 58.7 Å². The molecule has 0 radical (unpaired) electrons. The number of ether oxygens (including phenoxy) is 2. The van der Waals surface area contributed by atoms with Gasteiger partial charge in [0.25, 0.3) is 0 Å². The molecule has 6 heteroatoms. The van der Waals surface area contributed by atoms with Gasteiger partial charge in [-0.15, -0.1) is 0 Å². The molecule has 0 spiro atoms. The molecule has 1 aliphatic carbocycles. The van der Waals surface area contributed by atoms with E-state index in [0.717, 1.165) is 22.5 Å². The second-order valence-electron chi connectivity index (χ2n) is 7.89. The Morgan fingerprint density at radius 1 is 1.03 bits per heavy atom. The van der Waals surface area contributed by atoms with Crippen molar-refractivity contribution in [3.8, 4) is 17.6 Å². The van der Waals surface area contributed by atoms with Crippen LogP contribution in [0.3, 0.4) is 0 Å². The zero-order chi connectivity index (χ0) is 22.1. The van der Waals surface area contributed by atoms with Crippen LogP contribution in [-0.2, 0) is 4.79 Å². The molecule has 0 fully saturated rings. The molecule has 0 saturated carbocycles. The van der Waals surface area contributed by atoms with Crippen molar-refractivity contribution in [2.24, 2.45) is 10.9 Å². The highest BCUT2D eigenvalue weighted by Crippen LogP contribution is 2.47. The molecule has 1 heterocycles. The number of hydrogen-bond donors (Lipinski definition) is 0. The van der Waals surface area contributed by atoms with E-state index in [1.807, 2.05) is 49.4 Å². The van der Waals surface area contributed by atoms with Crippen LogP contribution in [0.2, 0.25) is 5.02 Å². The van der Waals surface area contributed by atoms with Gasteiger partial charge in [-0.3, -0.25) is 9.79 Å². The van der Waals surface area contributed by atoms with Crippen LogP contribution in [0.4, 0.5) is 0 Å². The van der Waals surface area contributed by atoms with Gasteiger partial charge in [0.1, 0.15) is 0 Å². The van der Waals surface area contributed by atoms with Crippen LogP contribution in [0.1, 0.15) is 42.7 Å². The number of Topliss-reactive ketones (excluding diaryl/α,β-unsaturated/α-hetero) is 1. The van der Waals surface area contributed by atoms with Gasteiger partial charge >= 0.3 is 0 Å². The summed E-state index contributed by atoms with van der Waals surface area (Å²) in [6.07, 6.45) is 1.04. The van der Waals surface area contributed by atoms with E-state index in [9.17, 15) is 10.1 Å². The number of aliphatic imine (C=N–C) groups is 1. The molecular formula is C25H23ClN2O3. The van der Waals surface area contributed by atoms with E-state index in [2.05, 4.69) is 6.07 Å². The number of carbonyl (C=O) groups is 1. The lowest BCUT2D eigenvalue weighted by molar-refractivity contribution is -0.116. The summed E-state index contributed by atoms with van der Waals surface area (Å²) in [4.78, 5) is 18.1. The third-order valence-electron chi connectivity index (χ3n) is 6.14. The standard InChI is InChI=1S/C25H23ClN2O3/c1-14-19(13-27)24(16-6-9-22(30-2)23(12-16)31-3)25-20(28-14)10-17(11-21(25)29)15-4-7-18(26)8-5-15/h4-9,12,17,19,24H,10-11H2,1-3H3/t17-,19?,24-/m0/s1. The summed E-state index contributed by atoms with van der Waals surface area (Å²) in [5.41, 5.74) is 4.08. The molecule has 4 rings (SSSR count). The van der Waals surface area contributed by atoms with Crippen LogP contribution in [0.5, 0.6) is 11.5 Å². The van der Waals surface area contributed by atoms with Gasteiger partial charge in [0, 0.05) is 34.3 Å². The number of rotatable bonds is 4. The van der Waals surface area contributed by atoms with Crippen LogP contribution >= 0.6 is 11.6 Å². The third kappa shape index (κ3) is 3.84. The van der Waals surface area contributed by atoms with Crippen LogP contribution in [-0.4, -0.2) is 25.7 Å². The Balaban J connectivity index is 1.79. The van der Waals surface area contributed by atoms with Gasteiger partial charge in [-0.05, 0) is 54.7 Å². The summed E-state index contributed by atoms with van der Waals surface area (Å²) in [5, 5.41) is 10.6. The van der Waals surface area contributed by atoms with Crippen molar-refractivity contribution < 1.29 is 14.3 Å². The Morgan fingerprint density at radius 2 is 1.71 bits per heavy atom. The lowest BCUT2D eigenvalue weighted by Crippen LogP contribution is -2.32. The molecule has 0 aromatic heterocycles. The second-order valence-corrected chi connectivity index (χ2v) is 8.33. The SMILES string of the molecule is COc1ccc([C@@H]2C3=C(C[C@H](c4ccc(Cl)cc4)CC3=O)N=C(C)C2C#N)cc1OC. The van der Waals surface area contributed by atoms with E-state index in [1.165, 1.54) is 0 Å². The third-order valence-corrected chi connectivity index (χ3v) is 6.39. The maximum Gasteiger partial charge on any atom is 0.161 e. The molecule has 3 atom stereocenters. The maximum atomic E-state index is 13.4. The smallest absolute Gasteiger partial charge is 0.161 e. The summed E-state index contributed by atoms with van der Waals surface area (Å²) in [6.45, 7) is 1.86. The number of hydrogen-bond acceptors (Lipinski definition) is 5. The highest BCUT2D eigenvalue weighted by atomic mass is 35.5. The van der Waals surface area contributed by atoms with E-state index in [0.29, 0.717) is 34.9 Å². The van der Waals surface area contributed by atoms with E-state index >= 15 is 0 Å². The van der Waals surface area contributed by atoms with Gasteiger partial charge in [0.2, 0.25) is 0 Å². The summed E-state index contributed by atoms with van der Waals surface area (Å²) >= 11 is 6.03. The molecule has 0 N–H and O–H groups in total. The average molecular weight is 435 g/mol. The first-order chi connectivity index (χ1) is 15.0. The number of carbonyl (C=O) groups excluding carboxylic acids is 1. The number of halogens is 1. The van der Waals surface area contributed by atoms with Crippen LogP contribution in [0.25, 0.3) is 0 Å². The van der Waals surface area contributed by atoms with Crippen LogP contribution < -0.4 is 9.47 Å². The molecule has 0 amide bonds. The predicted octanol–water partition coefficient (Wildman–Crippen LogP) is 5.46. The Morgan fingerprint density at radius 3 is 2.35 bits per heavy atom. The van der Waals surface area contributed by atoms with Gasteiger partial charge in [0.05, 0.1) is 26.2 Å². The molecule has 1 unspecified atom stereocenters. The molecule has 0 bridgehead atoms. The summed E-state index contributed by atoms with van der Waals surface area (Å²) < 4.78 is 10.8. The van der Waals surface area contributed by atoms with Gasteiger partial charge in [-0.2, -0.15) is 5.26 Å². The molecule has 0 saturated heterocycles. The highest BCUT2D eigenvalue weighted by molar-refractivity contribution is 6.30. The Labute approximate surface area is 187 Å². The monoisotopic (exact) mass is 434 g/mol.